The first-order chi connectivity index (χ1) is 7.68. The topological polar surface area (TPSA) is 35.2 Å². The summed E-state index contributed by atoms with van der Waals surface area (Å²) < 4.78 is 5.66. The van der Waals surface area contributed by atoms with Gasteiger partial charge in [0.05, 0.1) is 6.61 Å². The molecule has 0 amide bonds. The zero-order valence-electron chi connectivity index (χ0n) is 11.6. The molecule has 2 N–H and O–H groups in total. The highest BCUT2D eigenvalue weighted by Crippen LogP contribution is 2.12. The summed E-state index contributed by atoms with van der Waals surface area (Å²) in [7, 11) is 0. The third-order valence-electron chi connectivity index (χ3n) is 3.44. The highest BCUT2D eigenvalue weighted by atomic mass is 16.5. The maximum Gasteiger partial charge on any atom is 0.0645 e. The minimum Gasteiger partial charge on any atom is -0.380 e. The molecule has 0 saturated heterocycles. The van der Waals surface area contributed by atoms with Gasteiger partial charge in [-0.25, -0.2) is 0 Å². The molecule has 0 aromatic carbocycles. The standard InChI is InChI=1S/C14H31NO/c1-4-7-8-9-10-11-12-16-13-14(15,5-2)6-3/h4-13,15H2,1-3H3. The fourth-order valence-electron chi connectivity index (χ4n) is 1.71. The first kappa shape index (κ1) is 15.9. The van der Waals surface area contributed by atoms with Gasteiger partial charge in [-0.1, -0.05) is 52.9 Å². The summed E-state index contributed by atoms with van der Waals surface area (Å²) in [5, 5.41) is 0. The average molecular weight is 229 g/mol. The summed E-state index contributed by atoms with van der Waals surface area (Å²) >= 11 is 0. The van der Waals surface area contributed by atoms with E-state index < -0.39 is 0 Å². The molecule has 0 aromatic heterocycles. The van der Waals surface area contributed by atoms with Crippen LogP contribution < -0.4 is 5.73 Å². The van der Waals surface area contributed by atoms with Crippen molar-refractivity contribution in [2.45, 2.75) is 77.7 Å². The molecule has 0 fully saturated rings. The molecule has 98 valence electrons. The Hall–Kier alpha value is -0.0800. The van der Waals surface area contributed by atoms with Crippen LogP contribution in [-0.4, -0.2) is 18.8 Å². The van der Waals surface area contributed by atoms with Gasteiger partial charge in [0.2, 0.25) is 0 Å². The molecule has 0 atom stereocenters. The molecule has 2 heteroatoms. The van der Waals surface area contributed by atoms with E-state index in [1.165, 1.54) is 38.5 Å². The lowest BCUT2D eigenvalue weighted by atomic mass is 9.96. The number of hydrogen-bond donors (Lipinski definition) is 1. The van der Waals surface area contributed by atoms with Crippen LogP contribution in [0, 0.1) is 0 Å². The Kier molecular flexibility index (Phi) is 10.0. The summed E-state index contributed by atoms with van der Waals surface area (Å²) in [5.41, 5.74) is 6.06. The summed E-state index contributed by atoms with van der Waals surface area (Å²) in [5.74, 6) is 0. The molecule has 2 nitrogen and oxygen atoms in total. The van der Waals surface area contributed by atoms with Crippen molar-refractivity contribution in [1.29, 1.82) is 0 Å². The highest BCUT2D eigenvalue weighted by molar-refractivity contribution is 4.80. The molecule has 0 bridgehead atoms. The van der Waals surface area contributed by atoms with E-state index in [-0.39, 0.29) is 5.54 Å². The maximum absolute atomic E-state index is 6.15. The van der Waals surface area contributed by atoms with Gasteiger partial charge in [0.15, 0.2) is 0 Å². The van der Waals surface area contributed by atoms with E-state index in [0.29, 0.717) is 0 Å². The van der Waals surface area contributed by atoms with Gasteiger partial charge in [0.1, 0.15) is 0 Å². The second-order valence-electron chi connectivity index (χ2n) is 4.89. The van der Waals surface area contributed by atoms with Crippen LogP contribution in [0.2, 0.25) is 0 Å². The van der Waals surface area contributed by atoms with Crippen molar-refractivity contribution < 1.29 is 4.74 Å². The molecule has 0 aromatic rings. The van der Waals surface area contributed by atoms with Crippen LogP contribution in [0.3, 0.4) is 0 Å². The molecule has 0 saturated carbocycles. The third kappa shape index (κ3) is 8.12. The Balaban J connectivity index is 3.26. The van der Waals surface area contributed by atoms with Gasteiger partial charge in [-0.3, -0.25) is 0 Å². The van der Waals surface area contributed by atoms with Crippen molar-refractivity contribution in [3.05, 3.63) is 0 Å². The predicted octanol–water partition coefficient (Wildman–Crippen LogP) is 3.88. The fourth-order valence-corrected chi connectivity index (χ4v) is 1.71. The fraction of sp³-hybridized carbons (Fsp3) is 1.00. The lowest BCUT2D eigenvalue weighted by Gasteiger charge is -2.26. The summed E-state index contributed by atoms with van der Waals surface area (Å²) in [6, 6.07) is 0. The SMILES string of the molecule is CCCCCCCCOCC(N)(CC)CC. The zero-order valence-corrected chi connectivity index (χ0v) is 11.6. The summed E-state index contributed by atoms with van der Waals surface area (Å²) in [6.07, 6.45) is 9.91. The highest BCUT2D eigenvalue weighted by Gasteiger charge is 2.19. The zero-order chi connectivity index (χ0) is 12.3. The van der Waals surface area contributed by atoms with Crippen molar-refractivity contribution in [3.63, 3.8) is 0 Å². The maximum atomic E-state index is 6.15. The van der Waals surface area contributed by atoms with Gasteiger partial charge in [-0.15, -0.1) is 0 Å². The van der Waals surface area contributed by atoms with Crippen LogP contribution in [0.4, 0.5) is 0 Å². The second-order valence-corrected chi connectivity index (χ2v) is 4.89. The molecular weight excluding hydrogens is 198 g/mol. The van der Waals surface area contributed by atoms with E-state index in [9.17, 15) is 0 Å². The van der Waals surface area contributed by atoms with E-state index in [1.54, 1.807) is 0 Å². The lowest BCUT2D eigenvalue weighted by Crippen LogP contribution is -2.43. The molecule has 0 radical (unpaired) electrons. The number of rotatable bonds is 11. The minimum absolute atomic E-state index is 0.0950. The minimum atomic E-state index is -0.0950. The van der Waals surface area contributed by atoms with Crippen LogP contribution in [0.15, 0.2) is 0 Å². The average Bonchev–Trinajstić information content (AvgIpc) is 2.32. The Morgan fingerprint density at radius 3 is 2.00 bits per heavy atom. The van der Waals surface area contributed by atoms with Gasteiger partial charge >= 0.3 is 0 Å². The number of nitrogens with two attached hydrogens (primary N) is 1. The summed E-state index contributed by atoms with van der Waals surface area (Å²) in [6.45, 7) is 8.12. The largest absolute Gasteiger partial charge is 0.380 e. The smallest absolute Gasteiger partial charge is 0.0645 e. The van der Waals surface area contributed by atoms with E-state index in [4.69, 9.17) is 10.5 Å². The van der Waals surface area contributed by atoms with Crippen molar-refractivity contribution in [2.24, 2.45) is 5.73 Å². The Bertz CT molecular complexity index is 144. The second kappa shape index (κ2) is 10.1. The van der Waals surface area contributed by atoms with Gasteiger partial charge < -0.3 is 10.5 Å². The van der Waals surface area contributed by atoms with Gasteiger partial charge in [0, 0.05) is 12.1 Å². The normalized spacial score (nSPS) is 12.0. The predicted molar refractivity (Wildman–Crippen MR) is 71.7 cm³/mol. The molecule has 0 heterocycles. The van der Waals surface area contributed by atoms with E-state index in [0.717, 1.165) is 26.1 Å². The van der Waals surface area contributed by atoms with Gasteiger partial charge in [0.25, 0.3) is 0 Å². The first-order valence-corrected chi connectivity index (χ1v) is 7.05. The molecule has 0 spiro atoms. The van der Waals surface area contributed by atoms with Crippen molar-refractivity contribution in [3.8, 4) is 0 Å². The van der Waals surface area contributed by atoms with E-state index in [1.807, 2.05) is 0 Å². The van der Waals surface area contributed by atoms with Crippen LogP contribution in [0.1, 0.15) is 72.1 Å². The molecule has 0 unspecified atom stereocenters. The van der Waals surface area contributed by atoms with Crippen molar-refractivity contribution in [2.75, 3.05) is 13.2 Å². The van der Waals surface area contributed by atoms with Crippen LogP contribution >= 0.6 is 0 Å². The third-order valence-corrected chi connectivity index (χ3v) is 3.44. The van der Waals surface area contributed by atoms with Crippen LogP contribution in [0.5, 0.6) is 0 Å². The molecule has 0 aliphatic heterocycles. The Morgan fingerprint density at radius 2 is 1.44 bits per heavy atom. The molecular formula is C14H31NO. The van der Waals surface area contributed by atoms with E-state index in [2.05, 4.69) is 20.8 Å². The number of hydrogen-bond acceptors (Lipinski definition) is 2. The Morgan fingerprint density at radius 1 is 0.875 bits per heavy atom. The van der Waals surface area contributed by atoms with Gasteiger partial charge in [-0.05, 0) is 19.3 Å². The molecule has 0 rings (SSSR count). The molecule has 0 aliphatic carbocycles. The van der Waals surface area contributed by atoms with Gasteiger partial charge in [-0.2, -0.15) is 0 Å². The number of ether oxygens (including phenoxy) is 1. The molecule has 16 heavy (non-hydrogen) atoms. The van der Waals surface area contributed by atoms with Crippen molar-refractivity contribution in [1.82, 2.24) is 0 Å². The lowest BCUT2D eigenvalue weighted by molar-refractivity contribution is 0.0782. The van der Waals surface area contributed by atoms with E-state index >= 15 is 0 Å². The quantitative estimate of drug-likeness (QED) is 0.546. The molecule has 0 aliphatic rings. The van der Waals surface area contributed by atoms with Crippen LogP contribution in [-0.2, 0) is 4.74 Å². The number of unbranched alkanes of at least 4 members (excludes halogenated alkanes) is 5. The first-order valence-electron chi connectivity index (χ1n) is 7.05. The van der Waals surface area contributed by atoms with Crippen molar-refractivity contribution >= 4 is 0 Å². The summed E-state index contributed by atoms with van der Waals surface area (Å²) in [4.78, 5) is 0. The monoisotopic (exact) mass is 229 g/mol. The Labute approximate surface area is 102 Å². The van der Waals surface area contributed by atoms with Crippen LogP contribution in [0.25, 0.3) is 0 Å².